The first-order valence-corrected chi connectivity index (χ1v) is 4.27. The summed E-state index contributed by atoms with van der Waals surface area (Å²) in [6.07, 6.45) is 0. The monoisotopic (exact) mass is 168 g/mol. The van der Waals surface area contributed by atoms with Gasteiger partial charge < -0.3 is 0 Å². The lowest BCUT2D eigenvalue weighted by molar-refractivity contribution is 0.483. The van der Waals surface area contributed by atoms with Crippen LogP contribution in [0.1, 0.15) is 0 Å². The zero-order valence-corrected chi connectivity index (χ0v) is 6.38. The Morgan fingerprint density at radius 3 is 2.00 bits per heavy atom. The fraction of sp³-hybridized carbons (Fsp3) is 0. The first-order chi connectivity index (χ1) is 5.00. The Kier molecular flexibility index (Phi) is 2.02. The smallest absolute Gasteiger partial charge is 0.282 e. The number of benzene rings is 1. The molecule has 5 heteroatoms. The molecule has 56 valence electrons. The molecule has 0 aromatic heterocycles. The highest BCUT2D eigenvalue weighted by Gasteiger charge is 2.06. The molecule has 1 rings (SSSR count). The normalized spacial score (nSPS) is 11.4. The summed E-state index contributed by atoms with van der Waals surface area (Å²) in [6.45, 7) is 0. The first-order valence-electron chi connectivity index (χ1n) is 2.83. The lowest BCUT2D eigenvalue weighted by Crippen LogP contribution is -2.04. The van der Waals surface area contributed by atoms with Crippen molar-refractivity contribution < 1.29 is 13.0 Å². The van der Waals surface area contributed by atoms with Crippen LogP contribution in [0.4, 0.5) is 0 Å². The third-order valence-electron chi connectivity index (χ3n) is 1.18. The van der Waals surface area contributed by atoms with Gasteiger partial charge >= 0.3 is 0 Å². The van der Waals surface area contributed by atoms with Crippen molar-refractivity contribution in [2.75, 3.05) is 0 Å². The molecule has 2 radical (unpaired) electrons. The summed E-state index contributed by atoms with van der Waals surface area (Å²) in [5.74, 6) is 0. The Bertz CT molecular complexity index is 341. The van der Waals surface area contributed by atoms with E-state index in [-0.39, 0.29) is 4.90 Å². The second-order valence-electron chi connectivity index (χ2n) is 2.04. The van der Waals surface area contributed by atoms with Crippen molar-refractivity contribution in [1.29, 1.82) is 0 Å². The van der Waals surface area contributed by atoms with Crippen LogP contribution < -0.4 is 5.46 Å². The van der Waals surface area contributed by atoms with E-state index in [1.807, 2.05) is 0 Å². The van der Waals surface area contributed by atoms with Gasteiger partial charge in [0.05, 0.1) is 4.90 Å². The second-order valence-corrected chi connectivity index (χ2v) is 3.47. The van der Waals surface area contributed by atoms with Gasteiger partial charge in [0, 0.05) is 0 Å². The molecule has 0 aliphatic rings. The van der Waals surface area contributed by atoms with E-state index in [4.69, 9.17) is 12.4 Å². The molecule has 1 aromatic carbocycles. The Morgan fingerprint density at radius 1 is 1.18 bits per heavy atom. The standard InChI is InChI=1S/C6H5BO3S/c7-5-1-3-6(4-2-5)11(8,9)10/h1-4H,(H,8,9,10). The Hall–Kier alpha value is -0.805. The maximum Gasteiger partial charge on any atom is 0.294 e. The van der Waals surface area contributed by atoms with Crippen LogP contribution in [0.3, 0.4) is 0 Å². The SMILES string of the molecule is [B]c1ccc(S(=O)(=O)O)cc1. The maximum atomic E-state index is 10.5. The van der Waals surface area contributed by atoms with Crippen LogP contribution in [0, 0.1) is 0 Å². The highest BCUT2D eigenvalue weighted by atomic mass is 32.2. The van der Waals surface area contributed by atoms with Crippen LogP contribution >= 0.6 is 0 Å². The third kappa shape index (κ3) is 2.06. The molecule has 0 atom stereocenters. The molecule has 0 fully saturated rings. The van der Waals surface area contributed by atoms with Crippen LogP contribution in [0.25, 0.3) is 0 Å². The Balaban J connectivity index is 3.20. The fourth-order valence-electron chi connectivity index (χ4n) is 0.640. The number of hydrogen-bond donors (Lipinski definition) is 1. The molecular formula is C6H5BO3S. The summed E-state index contributed by atoms with van der Waals surface area (Å²) < 4.78 is 29.4. The summed E-state index contributed by atoms with van der Waals surface area (Å²) in [7, 11) is 1.22. The zero-order valence-electron chi connectivity index (χ0n) is 5.56. The van der Waals surface area contributed by atoms with Gasteiger partial charge in [-0.25, -0.2) is 0 Å². The largest absolute Gasteiger partial charge is 0.294 e. The average molecular weight is 168 g/mol. The lowest BCUT2D eigenvalue weighted by atomic mass is 9.97. The van der Waals surface area contributed by atoms with Gasteiger partial charge in [-0.15, -0.1) is 0 Å². The quantitative estimate of drug-likeness (QED) is 0.463. The van der Waals surface area contributed by atoms with Gasteiger partial charge in [-0.2, -0.15) is 8.42 Å². The minimum Gasteiger partial charge on any atom is -0.282 e. The molecule has 0 unspecified atom stereocenters. The van der Waals surface area contributed by atoms with Crippen molar-refractivity contribution in [3.8, 4) is 0 Å². The van der Waals surface area contributed by atoms with E-state index in [1.165, 1.54) is 24.3 Å². The Labute approximate surface area is 66.2 Å². The molecule has 1 aromatic rings. The van der Waals surface area contributed by atoms with Crippen molar-refractivity contribution in [3.05, 3.63) is 24.3 Å². The van der Waals surface area contributed by atoms with E-state index in [2.05, 4.69) is 0 Å². The predicted octanol–water partition coefficient (Wildman–Crippen LogP) is -0.273. The fourth-order valence-corrected chi connectivity index (χ4v) is 1.12. The van der Waals surface area contributed by atoms with Crippen molar-refractivity contribution >= 4 is 23.4 Å². The maximum absolute atomic E-state index is 10.5. The molecule has 11 heavy (non-hydrogen) atoms. The van der Waals surface area contributed by atoms with Crippen LogP contribution in [0.5, 0.6) is 0 Å². The molecule has 0 spiro atoms. The molecule has 0 bridgehead atoms. The lowest BCUT2D eigenvalue weighted by Gasteiger charge is -1.95. The van der Waals surface area contributed by atoms with E-state index < -0.39 is 10.1 Å². The van der Waals surface area contributed by atoms with Gasteiger partial charge in [0.25, 0.3) is 10.1 Å². The van der Waals surface area contributed by atoms with Gasteiger partial charge in [-0.3, -0.25) is 4.55 Å². The molecule has 0 aliphatic heterocycles. The second kappa shape index (κ2) is 2.67. The third-order valence-corrected chi connectivity index (χ3v) is 2.05. The van der Waals surface area contributed by atoms with Crippen LogP contribution in [0.15, 0.2) is 29.2 Å². The summed E-state index contributed by atoms with van der Waals surface area (Å²) >= 11 is 0. The van der Waals surface area contributed by atoms with Crippen LogP contribution in [0.2, 0.25) is 0 Å². The molecule has 0 amide bonds. The molecule has 1 N–H and O–H groups in total. The molecule has 3 nitrogen and oxygen atoms in total. The first kappa shape index (κ1) is 8.29. The minimum absolute atomic E-state index is 0.147. The van der Waals surface area contributed by atoms with Gasteiger partial charge in [-0.1, -0.05) is 17.6 Å². The molecule has 0 heterocycles. The number of hydrogen-bond acceptors (Lipinski definition) is 2. The van der Waals surface area contributed by atoms with E-state index >= 15 is 0 Å². The summed E-state index contributed by atoms with van der Waals surface area (Å²) in [6, 6.07) is 5.29. The predicted molar refractivity (Wildman–Crippen MR) is 41.6 cm³/mol. The van der Waals surface area contributed by atoms with Gasteiger partial charge in [0.15, 0.2) is 0 Å². The molecule has 0 saturated heterocycles. The molecular weight excluding hydrogens is 163 g/mol. The van der Waals surface area contributed by atoms with E-state index in [0.717, 1.165) is 0 Å². The van der Waals surface area contributed by atoms with Crippen LogP contribution in [-0.2, 0) is 10.1 Å². The van der Waals surface area contributed by atoms with Crippen molar-refractivity contribution in [2.24, 2.45) is 0 Å². The van der Waals surface area contributed by atoms with Crippen molar-refractivity contribution in [2.45, 2.75) is 4.90 Å². The summed E-state index contributed by atoms with van der Waals surface area (Å²) in [5, 5.41) is 0. The Morgan fingerprint density at radius 2 is 1.64 bits per heavy atom. The van der Waals surface area contributed by atoms with E-state index in [9.17, 15) is 8.42 Å². The van der Waals surface area contributed by atoms with Gasteiger partial charge in [-0.05, 0) is 12.1 Å². The van der Waals surface area contributed by atoms with E-state index in [0.29, 0.717) is 5.46 Å². The molecule has 0 aliphatic carbocycles. The number of rotatable bonds is 1. The summed E-state index contributed by atoms with van der Waals surface area (Å²) in [5.41, 5.74) is 0.456. The van der Waals surface area contributed by atoms with Gasteiger partial charge in [0.1, 0.15) is 7.85 Å². The highest BCUT2D eigenvalue weighted by molar-refractivity contribution is 7.85. The van der Waals surface area contributed by atoms with Gasteiger partial charge in [0.2, 0.25) is 0 Å². The van der Waals surface area contributed by atoms with Crippen molar-refractivity contribution in [3.63, 3.8) is 0 Å². The van der Waals surface area contributed by atoms with Crippen LogP contribution in [-0.4, -0.2) is 20.8 Å². The summed E-state index contributed by atoms with van der Waals surface area (Å²) in [4.78, 5) is -0.147. The molecule has 0 saturated carbocycles. The minimum atomic E-state index is -4.08. The topological polar surface area (TPSA) is 54.4 Å². The zero-order chi connectivity index (χ0) is 8.48. The van der Waals surface area contributed by atoms with Crippen molar-refractivity contribution in [1.82, 2.24) is 0 Å². The average Bonchev–Trinajstić information content (AvgIpc) is 1.86. The van der Waals surface area contributed by atoms with E-state index in [1.54, 1.807) is 0 Å². The highest BCUT2D eigenvalue weighted by Crippen LogP contribution is 2.04.